The molecule has 2 aromatic heterocycles. The molecule has 0 unspecified atom stereocenters. The van der Waals surface area contributed by atoms with Crippen LogP contribution in [0.25, 0.3) is 16.8 Å². The summed E-state index contributed by atoms with van der Waals surface area (Å²) in [6.45, 7) is 4.37. The highest BCUT2D eigenvalue weighted by molar-refractivity contribution is 5.63. The number of aryl methyl sites for hydroxylation is 2. The van der Waals surface area contributed by atoms with E-state index >= 15 is 0 Å². The monoisotopic (exact) mass is 307 g/mol. The molecule has 0 spiro atoms. The molecule has 0 saturated carbocycles. The Morgan fingerprint density at radius 1 is 1.09 bits per heavy atom. The Kier molecular flexibility index (Phi) is 5.06. The van der Waals surface area contributed by atoms with Gasteiger partial charge in [-0.15, -0.1) is 0 Å². The van der Waals surface area contributed by atoms with Crippen molar-refractivity contribution in [3.8, 4) is 11.3 Å². The molecule has 3 heteroatoms. The molecule has 0 atom stereocenters. The van der Waals surface area contributed by atoms with E-state index in [0.717, 1.165) is 23.3 Å². The van der Waals surface area contributed by atoms with Crippen molar-refractivity contribution in [2.24, 2.45) is 0 Å². The van der Waals surface area contributed by atoms with Gasteiger partial charge in [-0.25, -0.2) is 9.97 Å². The highest BCUT2D eigenvalue weighted by atomic mass is 15.0. The van der Waals surface area contributed by atoms with Gasteiger partial charge in [0.15, 0.2) is 0 Å². The maximum absolute atomic E-state index is 4.94. The number of hydrogen-bond donors (Lipinski definition) is 0. The molecule has 3 nitrogen and oxygen atoms in total. The number of fused-ring (bicyclic) bond motifs is 1. The Labute approximate surface area is 138 Å². The van der Waals surface area contributed by atoms with Gasteiger partial charge >= 0.3 is 0 Å². The minimum Gasteiger partial charge on any atom is -0.302 e. The molecule has 2 heterocycles. The van der Waals surface area contributed by atoms with Gasteiger partial charge in [-0.2, -0.15) is 0 Å². The lowest BCUT2D eigenvalue weighted by molar-refractivity contribution is 0.629. The summed E-state index contributed by atoms with van der Waals surface area (Å²) >= 11 is 0. The Hall–Kier alpha value is -2.16. The first-order chi connectivity index (χ1) is 11.3. The maximum atomic E-state index is 4.94. The average Bonchev–Trinajstić information content (AvgIpc) is 3.03. The molecule has 0 saturated heterocycles. The van der Waals surface area contributed by atoms with Gasteiger partial charge in [0.25, 0.3) is 0 Å². The predicted molar refractivity (Wildman–Crippen MR) is 95.6 cm³/mol. The molecular weight excluding hydrogens is 282 g/mol. The third-order valence-corrected chi connectivity index (χ3v) is 4.31. The molecule has 0 aliphatic heterocycles. The van der Waals surface area contributed by atoms with Gasteiger partial charge in [-0.05, 0) is 25.8 Å². The predicted octanol–water partition coefficient (Wildman–Crippen LogP) is 5.22. The Morgan fingerprint density at radius 2 is 1.96 bits per heavy atom. The molecule has 0 bridgehead atoms. The number of nitrogens with zero attached hydrogens (tertiary/aromatic N) is 3. The lowest BCUT2D eigenvalue weighted by Gasteiger charge is -2.09. The van der Waals surface area contributed by atoms with E-state index in [1.54, 1.807) is 0 Å². The molecular formula is C20H25N3. The lowest BCUT2D eigenvalue weighted by atomic mass is 10.1. The largest absolute Gasteiger partial charge is 0.302 e. The molecule has 0 amide bonds. The first-order valence-electron chi connectivity index (χ1n) is 8.66. The summed E-state index contributed by atoms with van der Waals surface area (Å²) < 4.78 is 2.10. The Balaban J connectivity index is 1.86. The van der Waals surface area contributed by atoms with E-state index in [0.29, 0.717) is 0 Å². The molecule has 0 aliphatic rings. The zero-order valence-electron chi connectivity index (χ0n) is 14.1. The third-order valence-electron chi connectivity index (χ3n) is 4.31. The molecule has 0 N–H and O–H groups in total. The van der Waals surface area contributed by atoms with Crippen LogP contribution >= 0.6 is 0 Å². The zero-order chi connectivity index (χ0) is 16.1. The van der Waals surface area contributed by atoms with Crippen molar-refractivity contribution in [1.29, 1.82) is 0 Å². The second-order valence-electron chi connectivity index (χ2n) is 6.29. The van der Waals surface area contributed by atoms with Crippen LogP contribution in [-0.2, 0) is 6.42 Å². The third kappa shape index (κ3) is 3.79. The fourth-order valence-corrected chi connectivity index (χ4v) is 3.02. The highest BCUT2D eigenvalue weighted by Gasteiger charge is 2.08. The number of imidazole rings is 1. The number of aromatic nitrogens is 3. The Morgan fingerprint density at radius 3 is 2.78 bits per heavy atom. The van der Waals surface area contributed by atoms with Crippen molar-refractivity contribution in [3.05, 3.63) is 54.2 Å². The molecule has 23 heavy (non-hydrogen) atoms. The fourth-order valence-electron chi connectivity index (χ4n) is 3.02. The van der Waals surface area contributed by atoms with Gasteiger partial charge in [-0.1, -0.05) is 56.4 Å². The molecule has 3 aromatic rings. The van der Waals surface area contributed by atoms with Crippen molar-refractivity contribution in [2.45, 2.75) is 52.4 Å². The summed E-state index contributed by atoms with van der Waals surface area (Å²) in [6.07, 6.45) is 13.3. The SMILES string of the molecule is CCCCCCCc1nc(-c2cccc(C)c2)cn2cncc12. The van der Waals surface area contributed by atoms with Crippen LogP contribution in [0.4, 0.5) is 0 Å². The van der Waals surface area contributed by atoms with Gasteiger partial charge < -0.3 is 4.40 Å². The molecule has 3 rings (SSSR count). The summed E-state index contributed by atoms with van der Waals surface area (Å²) in [7, 11) is 0. The molecule has 0 aliphatic carbocycles. The second-order valence-corrected chi connectivity index (χ2v) is 6.29. The van der Waals surface area contributed by atoms with E-state index in [1.807, 2.05) is 12.5 Å². The smallest absolute Gasteiger partial charge is 0.0993 e. The number of hydrogen-bond acceptors (Lipinski definition) is 2. The van der Waals surface area contributed by atoms with Crippen LogP contribution in [0.1, 0.15) is 50.3 Å². The van der Waals surface area contributed by atoms with Gasteiger partial charge in [0.2, 0.25) is 0 Å². The fraction of sp³-hybridized carbons (Fsp3) is 0.400. The first-order valence-corrected chi connectivity index (χ1v) is 8.66. The van der Waals surface area contributed by atoms with Gasteiger partial charge in [-0.3, -0.25) is 0 Å². The summed E-state index contributed by atoms with van der Waals surface area (Å²) in [5.74, 6) is 0. The minimum atomic E-state index is 1.03. The van der Waals surface area contributed by atoms with E-state index in [2.05, 4.69) is 53.7 Å². The average molecular weight is 307 g/mol. The second kappa shape index (κ2) is 7.40. The van der Waals surface area contributed by atoms with Crippen molar-refractivity contribution in [1.82, 2.24) is 14.4 Å². The highest BCUT2D eigenvalue weighted by Crippen LogP contribution is 2.22. The molecule has 1 aromatic carbocycles. The van der Waals surface area contributed by atoms with Crippen molar-refractivity contribution < 1.29 is 0 Å². The van der Waals surface area contributed by atoms with Crippen LogP contribution in [0.5, 0.6) is 0 Å². The van der Waals surface area contributed by atoms with Crippen LogP contribution < -0.4 is 0 Å². The number of benzene rings is 1. The van der Waals surface area contributed by atoms with Crippen LogP contribution in [-0.4, -0.2) is 14.4 Å². The summed E-state index contributed by atoms with van der Waals surface area (Å²) in [5, 5.41) is 0. The molecule has 0 fully saturated rings. The molecule has 0 radical (unpaired) electrons. The zero-order valence-corrected chi connectivity index (χ0v) is 14.1. The topological polar surface area (TPSA) is 30.2 Å². The van der Waals surface area contributed by atoms with Crippen LogP contribution in [0.15, 0.2) is 43.0 Å². The summed E-state index contributed by atoms with van der Waals surface area (Å²) in [6, 6.07) is 8.53. The van der Waals surface area contributed by atoms with E-state index in [4.69, 9.17) is 4.98 Å². The maximum Gasteiger partial charge on any atom is 0.0993 e. The number of unbranched alkanes of at least 4 members (excludes halogenated alkanes) is 4. The minimum absolute atomic E-state index is 1.03. The molecule has 120 valence electrons. The van der Waals surface area contributed by atoms with E-state index in [9.17, 15) is 0 Å². The van der Waals surface area contributed by atoms with Crippen LogP contribution in [0, 0.1) is 6.92 Å². The lowest BCUT2D eigenvalue weighted by Crippen LogP contribution is -1.99. The van der Waals surface area contributed by atoms with Crippen LogP contribution in [0.3, 0.4) is 0 Å². The van der Waals surface area contributed by atoms with Crippen molar-refractivity contribution >= 4 is 5.52 Å². The quantitative estimate of drug-likeness (QED) is 0.560. The standard InChI is InChI=1S/C20H25N3/c1-3-4-5-6-7-11-18-20-13-21-15-23(20)14-19(22-18)17-10-8-9-16(2)12-17/h8-10,12-15H,3-7,11H2,1-2H3. The van der Waals surface area contributed by atoms with Crippen LogP contribution in [0.2, 0.25) is 0 Å². The number of rotatable bonds is 7. The first kappa shape index (κ1) is 15.7. The van der Waals surface area contributed by atoms with E-state index in [-0.39, 0.29) is 0 Å². The van der Waals surface area contributed by atoms with Crippen molar-refractivity contribution in [3.63, 3.8) is 0 Å². The summed E-state index contributed by atoms with van der Waals surface area (Å²) in [5.41, 5.74) is 5.77. The normalized spacial score (nSPS) is 11.2. The Bertz CT molecular complexity index is 773. The van der Waals surface area contributed by atoms with Gasteiger partial charge in [0, 0.05) is 11.8 Å². The van der Waals surface area contributed by atoms with Gasteiger partial charge in [0.05, 0.1) is 29.4 Å². The van der Waals surface area contributed by atoms with E-state index in [1.165, 1.54) is 43.2 Å². The van der Waals surface area contributed by atoms with Gasteiger partial charge in [0.1, 0.15) is 0 Å². The van der Waals surface area contributed by atoms with E-state index < -0.39 is 0 Å². The van der Waals surface area contributed by atoms with Crippen molar-refractivity contribution in [2.75, 3.05) is 0 Å². The summed E-state index contributed by atoms with van der Waals surface area (Å²) in [4.78, 5) is 9.24.